The summed E-state index contributed by atoms with van der Waals surface area (Å²) in [5.41, 5.74) is 5.46. The van der Waals surface area contributed by atoms with Gasteiger partial charge in [0.1, 0.15) is 0 Å². The second-order valence-corrected chi connectivity index (χ2v) is 7.48. The van der Waals surface area contributed by atoms with Crippen LogP contribution in [0.5, 0.6) is 0 Å². The van der Waals surface area contributed by atoms with Crippen molar-refractivity contribution in [3.63, 3.8) is 0 Å². The van der Waals surface area contributed by atoms with Gasteiger partial charge in [-0.1, -0.05) is 20.8 Å². The van der Waals surface area contributed by atoms with Crippen molar-refractivity contribution >= 4 is 5.91 Å². The number of amides is 1. The molecule has 2 saturated carbocycles. The quantitative estimate of drug-likeness (QED) is 0.790. The zero-order valence-electron chi connectivity index (χ0n) is 11.8. The largest absolute Gasteiger partial charge is 0.368 e. The van der Waals surface area contributed by atoms with E-state index in [2.05, 4.69) is 26.1 Å². The first kappa shape index (κ1) is 12.9. The molecule has 2 aliphatic carbocycles. The number of nitrogens with two attached hydrogens (primary N) is 1. The van der Waals surface area contributed by atoms with Gasteiger partial charge in [-0.25, -0.2) is 0 Å². The van der Waals surface area contributed by atoms with Gasteiger partial charge in [-0.2, -0.15) is 0 Å². The molecule has 17 heavy (non-hydrogen) atoms. The number of rotatable bonds is 3. The summed E-state index contributed by atoms with van der Waals surface area (Å²) in [4.78, 5) is 11.5. The van der Waals surface area contributed by atoms with E-state index >= 15 is 0 Å². The van der Waals surface area contributed by atoms with E-state index in [4.69, 9.17) is 5.73 Å². The maximum atomic E-state index is 11.5. The van der Waals surface area contributed by atoms with Gasteiger partial charge in [-0.3, -0.25) is 10.1 Å². The van der Waals surface area contributed by atoms with E-state index in [1.807, 2.05) is 13.8 Å². The van der Waals surface area contributed by atoms with Crippen LogP contribution < -0.4 is 11.1 Å². The van der Waals surface area contributed by atoms with E-state index in [0.717, 1.165) is 5.92 Å². The zero-order valence-corrected chi connectivity index (χ0v) is 11.8. The SMILES string of the molecule is CC(C)(NC1C(C)(C)[C@H]2CC[C@]1(C)C2)C(N)=O. The molecule has 0 aliphatic heterocycles. The highest BCUT2D eigenvalue weighted by Crippen LogP contribution is 2.62. The van der Waals surface area contributed by atoms with Gasteiger partial charge in [0, 0.05) is 6.04 Å². The third-order valence-electron chi connectivity index (χ3n) is 5.39. The Morgan fingerprint density at radius 2 is 1.94 bits per heavy atom. The lowest BCUT2D eigenvalue weighted by molar-refractivity contribution is -0.124. The van der Waals surface area contributed by atoms with Crippen LogP contribution in [0, 0.1) is 16.7 Å². The van der Waals surface area contributed by atoms with Gasteiger partial charge >= 0.3 is 0 Å². The Bertz CT molecular complexity index is 343. The maximum absolute atomic E-state index is 11.5. The van der Waals surface area contributed by atoms with E-state index in [0.29, 0.717) is 11.5 Å². The number of fused-ring (bicyclic) bond motifs is 2. The molecule has 2 bridgehead atoms. The lowest BCUT2D eigenvalue weighted by Crippen LogP contribution is -2.61. The van der Waals surface area contributed by atoms with E-state index in [1.165, 1.54) is 19.3 Å². The van der Waals surface area contributed by atoms with Gasteiger partial charge in [0.25, 0.3) is 0 Å². The Labute approximate surface area is 105 Å². The van der Waals surface area contributed by atoms with Crippen LogP contribution in [0.4, 0.5) is 0 Å². The van der Waals surface area contributed by atoms with Gasteiger partial charge in [0.2, 0.25) is 5.91 Å². The van der Waals surface area contributed by atoms with Crippen molar-refractivity contribution in [1.29, 1.82) is 0 Å². The standard InChI is InChI=1S/C14H26N2O/c1-12(2)9-6-7-14(5,8-9)10(12)16-13(3,4)11(15)17/h9-10,16H,6-8H2,1-5H3,(H2,15,17)/t9-,10?,14+/m0/s1. The Balaban J connectivity index is 2.24. The number of carbonyl (C=O) groups excluding carboxylic acids is 1. The fraction of sp³-hybridized carbons (Fsp3) is 0.929. The molecule has 2 fully saturated rings. The Hall–Kier alpha value is -0.570. The third kappa shape index (κ3) is 1.79. The maximum Gasteiger partial charge on any atom is 0.237 e. The molecule has 1 unspecified atom stereocenters. The molecule has 3 heteroatoms. The molecule has 0 spiro atoms. The molecule has 3 N–H and O–H groups in total. The van der Waals surface area contributed by atoms with Crippen molar-refractivity contribution in [3.8, 4) is 0 Å². The molecule has 0 aromatic heterocycles. The van der Waals surface area contributed by atoms with E-state index in [-0.39, 0.29) is 11.3 Å². The molecule has 0 aromatic rings. The second kappa shape index (κ2) is 3.47. The molecular weight excluding hydrogens is 212 g/mol. The molecule has 0 aromatic carbocycles. The predicted octanol–water partition coefficient (Wildman–Crippen LogP) is 2.05. The monoisotopic (exact) mass is 238 g/mol. The molecule has 98 valence electrons. The Kier molecular flexibility index (Phi) is 2.63. The smallest absolute Gasteiger partial charge is 0.237 e. The van der Waals surface area contributed by atoms with Gasteiger partial charge in [-0.15, -0.1) is 0 Å². The van der Waals surface area contributed by atoms with Crippen LogP contribution >= 0.6 is 0 Å². The minimum Gasteiger partial charge on any atom is -0.368 e. The fourth-order valence-electron chi connectivity index (χ4n) is 4.09. The number of carbonyl (C=O) groups is 1. The third-order valence-corrected chi connectivity index (χ3v) is 5.39. The van der Waals surface area contributed by atoms with Gasteiger partial charge in [0.15, 0.2) is 0 Å². The molecule has 3 atom stereocenters. The van der Waals surface area contributed by atoms with Gasteiger partial charge in [-0.05, 0) is 49.9 Å². The second-order valence-electron chi connectivity index (χ2n) is 7.48. The van der Waals surface area contributed by atoms with E-state index < -0.39 is 5.54 Å². The zero-order chi connectivity index (χ0) is 13.1. The van der Waals surface area contributed by atoms with Crippen molar-refractivity contribution in [3.05, 3.63) is 0 Å². The van der Waals surface area contributed by atoms with Crippen LogP contribution in [0.1, 0.15) is 53.9 Å². The van der Waals surface area contributed by atoms with Crippen molar-refractivity contribution in [2.45, 2.75) is 65.5 Å². The summed E-state index contributed by atoms with van der Waals surface area (Å²) in [5.74, 6) is 0.522. The molecular formula is C14H26N2O. The minimum absolute atomic E-state index is 0.264. The highest BCUT2D eigenvalue weighted by Gasteiger charge is 2.60. The van der Waals surface area contributed by atoms with Crippen molar-refractivity contribution in [1.82, 2.24) is 5.32 Å². The summed E-state index contributed by atoms with van der Waals surface area (Å²) >= 11 is 0. The first-order valence-electron chi connectivity index (χ1n) is 6.67. The van der Waals surface area contributed by atoms with Crippen LogP contribution in [0.15, 0.2) is 0 Å². The summed E-state index contributed by atoms with van der Waals surface area (Å²) in [7, 11) is 0. The fourth-order valence-corrected chi connectivity index (χ4v) is 4.09. The summed E-state index contributed by atoms with van der Waals surface area (Å²) in [5, 5.41) is 3.54. The first-order chi connectivity index (χ1) is 7.59. The van der Waals surface area contributed by atoms with E-state index in [1.54, 1.807) is 0 Å². The average Bonchev–Trinajstić information content (AvgIpc) is 2.64. The number of nitrogens with one attached hydrogen (secondary N) is 1. The molecule has 1 amide bonds. The normalized spacial score (nSPS) is 39.6. The summed E-state index contributed by atoms with van der Waals surface area (Å²) < 4.78 is 0. The van der Waals surface area contributed by atoms with Crippen LogP contribution in [-0.2, 0) is 4.79 Å². The predicted molar refractivity (Wildman–Crippen MR) is 69.4 cm³/mol. The first-order valence-corrected chi connectivity index (χ1v) is 6.67. The molecule has 0 heterocycles. The Morgan fingerprint density at radius 1 is 1.35 bits per heavy atom. The molecule has 3 nitrogen and oxygen atoms in total. The van der Waals surface area contributed by atoms with E-state index in [9.17, 15) is 4.79 Å². The molecule has 0 saturated heterocycles. The molecule has 0 radical (unpaired) electrons. The van der Waals surface area contributed by atoms with Crippen molar-refractivity contribution in [2.75, 3.05) is 0 Å². The van der Waals surface area contributed by atoms with Crippen molar-refractivity contribution < 1.29 is 4.79 Å². The summed E-state index contributed by atoms with van der Waals surface area (Å²) in [6.45, 7) is 10.8. The number of hydrogen-bond acceptors (Lipinski definition) is 2. The summed E-state index contributed by atoms with van der Waals surface area (Å²) in [6.07, 6.45) is 3.89. The van der Waals surface area contributed by atoms with Crippen molar-refractivity contribution in [2.24, 2.45) is 22.5 Å². The number of primary amides is 1. The average molecular weight is 238 g/mol. The molecule has 2 aliphatic rings. The molecule has 2 rings (SSSR count). The van der Waals surface area contributed by atoms with Crippen LogP contribution in [0.3, 0.4) is 0 Å². The number of hydrogen-bond donors (Lipinski definition) is 2. The minimum atomic E-state index is -0.616. The van der Waals surface area contributed by atoms with Gasteiger partial charge < -0.3 is 5.73 Å². The lowest BCUT2D eigenvalue weighted by atomic mass is 9.67. The lowest BCUT2D eigenvalue weighted by Gasteiger charge is -2.46. The van der Waals surface area contributed by atoms with Crippen LogP contribution in [-0.4, -0.2) is 17.5 Å². The Morgan fingerprint density at radius 3 is 2.35 bits per heavy atom. The van der Waals surface area contributed by atoms with Crippen LogP contribution in [0.25, 0.3) is 0 Å². The highest BCUT2D eigenvalue weighted by atomic mass is 16.1. The van der Waals surface area contributed by atoms with Crippen LogP contribution in [0.2, 0.25) is 0 Å². The summed E-state index contributed by atoms with van der Waals surface area (Å²) in [6, 6.07) is 0.385. The topological polar surface area (TPSA) is 55.1 Å². The highest BCUT2D eigenvalue weighted by molar-refractivity contribution is 5.83. The van der Waals surface area contributed by atoms with Gasteiger partial charge in [0.05, 0.1) is 5.54 Å².